The molecule has 6 nitrogen and oxygen atoms in total. The number of esters is 1. The van der Waals surface area contributed by atoms with E-state index in [1.54, 1.807) is 29.2 Å². The van der Waals surface area contributed by atoms with Crippen molar-refractivity contribution < 1.29 is 23.9 Å². The number of ether oxygens (including phenoxy) is 2. The summed E-state index contributed by atoms with van der Waals surface area (Å²) < 4.78 is 11.3. The molecule has 0 aliphatic carbocycles. The molecule has 3 rings (SSSR count). The lowest BCUT2D eigenvalue weighted by molar-refractivity contribution is -0.157. The number of Topliss-reactive ketones (excluding diaryl/α,β-unsaturated/α-hetero) is 1. The molecule has 1 amide bonds. The van der Waals surface area contributed by atoms with Gasteiger partial charge in [-0.1, -0.05) is 46.6 Å². The Morgan fingerprint density at radius 3 is 2.21 bits per heavy atom. The number of hydrogen-bond acceptors (Lipinski definition) is 5. The van der Waals surface area contributed by atoms with Crippen molar-refractivity contribution in [2.45, 2.75) is 19.3 Å². The van der Waals surface area contributed by atoms with Crippen molar-refractivity contribution in [3.63, 3.8) is 0 Å². The zero-order chi connectivity index (χ0) is 24.0. The second-order valence-corrected chi connectivity index (χ2v) is 9.25. The van der Waals surface area contributed by atoms with Gasteiger partial charge in [-0.15, -0.1) is 0 Å². The van der Waals surface area contributed by atoms with Gasteiger partial charge in [0, 0.05) is 40.0 Å². The molecule has 1 aliphatic heterocycles. The Balaban J connectivity index is 2.09. The highest BCUT2D eigenvalue weighted by molar-refractivity contribution is 9.10. The van der Waals surface area contributed by atoms with Crippen LogP contribution in [0.2, 0.25) is 5.02 Å². The van der Waals surface area contributed by atoms with Gasteiger partial charge in [0.05, 0.1) is 20.3 Å². The van der Waals surface area contributed by atoms with Crippen LogP contribution in [0.25, 0.3) is 0 Å². The lowest BCUT2D eigenvalue weighted by Gasteiger charge is -2.35. The van der Waals surface area contributed by atoms with Crippen molar-refractivity contribution >= 4 is 45.2 Å². The summed E-state index contributed by atoms with van der Waals surface area (Å²) in [6.07, 6.45) is 0.437. The number of halogens is 2. The van der Waals surface area contributed by atoms with Gasteiger partial charge in [-0.05, 0) is 48.4 Å². The normalized spacial score (nSPS) is 16.5. The fraction of sp³-hybridized carbons (Fsp3) is 0.400. The molecule has 0 bridgehead atoms. The van der Waals surface area contributed by atoms with E-state index in [0.717, 1.165) is 10.0 Å². The van der Waals surface area contributed by atoms with Gasteiger partial charge >= 0.3 is 5.97 Å². The molecule has 1 saturated heterocycles. The van der Waals surface area contributed by atoms with Crippen LogP contribution in [0.15, 0.2) is 53.0 Å². The van der Waals surface area contributed by atoms with E-state index in [0.29, 0.717) is 43.3 Å². The van der Waals surface area contributed by atoms with E-state index in [1.807, 2.05) is 31.2 Å². The van der Waals surface area contributed by atoms with Crippen molar-refractivity contribution in [2.75, 3.05) is 33.4 Å². The Hall–Kier alpha value is -2.22. The van der Waals surface area contributed by atoms with Crippen LogP contribution in [0.1, 0.15) is 35.2 Å². The minimum absolute atomic E-state index is 0.147. The smallest absolute Gasteiger partial charge is 0.318 e. The molecule has 1 aliphatic rings. The summed E-state index contributed by atoms with van der Waals surface area (Å²) >= 11 is 9.44. The predicted molar refractivity (Wildman–Crippen MR) is 129 cm³/mol. The third kappa shape index (κ3) is 6.02. The van der Waals surface area contributed by atoms with Crippen LogP contribution in [-0.2, 0) is 19.1 Å². The maximum Gasteiger partial charge on any atom is 0.318 e. The van der Waals surface area contributed by atoms with Crippen LogP contribution in [0.3, 0.4) is 0 Å². The molecule has 0 radical (unpaired) electrons. The summed E-state index contributed by atoms with van der Waals surface area (Å²) in [6.45, 7) is 3.48. The Morgan fingerprint density at radius 1 is 1.06 bits per heavy atom. The molecule has 0 spiro atoms. The average Bonchev–Trinajstić information content (AvgIpc) is 2.84. The van der Waals surface area contributed by atoms with Crippen LogP contribution in [0, 0.1) is 11.8 Å². The third-order valence-corrected chi connectivity index (χ3v) is 6.78. The number of hydrogen-bond donors (Lipinski definition) is 0. The summed E-state index contributed by atoms with van der Waals surface area (Å²) in [6, 6.07) is 14.0. The molecule has 0 aromatic heterocycles. The van der Waals surface area contributed by atoms with Crippen molar-refractivity contribution in [2.24, 2.45) is 11.8 Å². The molecule has 2 aromatic rings. The molecule has 176 valence electrons. The summed E-state index contributed by atoms with van der Waals surface area (Å²) in [4.78, 5) is 42.0. The number of nitrogens with zero attached hydrogens (tertiary/aromatic N) is 1. The van der Waals surface area contributed by atoms with Crippen LogP contribution in [0.4, 0.5) is 0 Å². The molecule has 3 unspecified atom stereocenters. The fourth-order valence-corrected chi connectivity index (χ4v) is 4.67. The van der Waals surface area contributed by atoms with Gasteiger partial charge in [0.15, 0.2) is 5.78 Å². The molecule has 3 atom stereocenters. The molecule has 1 fully saturated rings. The highest BCUT2D eigenvalue weighted by Crippen LogP contribution is 2.39. The Bertz CT molecular complexity index is 973. The van der Waals surface area contributed by atoms with Crippen molar-refractivity contribution in [3.8, 4) is 0 Å². The maximum atomic E-state index is 13.6. The summed E-state index contributed by atoms with van der Waals surface area (Å²) in [5.74, 6) is -3.63. The monoisotopic (exact) mass is 535 g/mol. The van der Waals surface area contributed by atoms with Gasteiger partial charge in [0.25, 0.3) is 0 Å². The van der Waals surface area contributed by atoms with Gasteiger partial charge in [-0.25, -0.2) is 0 Å². The van der Waals surface area contributed by atoms with Crippen LogP contribution >= 0.6 is 27.5 Å². The predicted octanol–water partition coefficient (Wildman–Crippen LogP) is 4.74. The number of ketones is 1. The second-order valence-electron chi connectivity index (χ2n) is 7.90. The van der Waals surface area contributed by atoms with Gasteiger partial charge in [-0.3, -0.25) is 14.4 Å². The maximum absolute atomic E-state index is 13.6. The van der Waals surface area contributed by atoms with E-state index in [-0.39, 0.29) is 11.7 Å². The first-order chi connectivity index (χ1) is 15.9. The summed E-state index contributed by atoms with van der Waals surface area (Å²) in [7, 11) is 1.27. The van der Waals surface area contributed by atoms with Crippen molar-refractivity contribution in [3.05, 3.63) is 69.2 Å². The molecule has 8 heteroatoms. The molecule has 33 heavy (non-hydrogen) atoms. The molecule has 1 heterocycles. The Labute approximate surface area is 207 Å². The Kier molecular flexibility index (Phi) is 9.06. The number of benzene rings is 2. The zero-order valence-electron chi connectivity index (χ0n) is 18.6. The number of carbonyl (C=O) groups excluding carboxylic acids is 3. The topological polar surface area (TPSA) is 72.9 Å². The van der Waals surface area contributed by atoms with E-state index in [9.17, 15) is 14.4 Å². The van der Waals surface area contributed by atoms with Gasteiger partial charge in [0.2, 0.25) is 5.91 Å². The third-order valence-electron chi connectivity index (χ3n) is 6.00. The zero-order valence-corrected chi connectivity index (χ0v) is 21.0. The first-order valence-electron chi connectivity index (χ1n) is 10.9. The van der Waals surface area contributed by atoms with Crippen LogP contribution in [0.5, 0.6) is 0 Å². The largest absolute Gasteiger partial charge is 0.468 e. The van der Waals surface area contributed by atoms with Crippen LogP contribution in [-0.4, -0.2) is 56.0 Å². The first kappa shape index (κ1) is 25.4. The van der Waals surface area contributed by atoms with E-state index < -0.39 is 23.7 Å². The number of morpholine rings is 1. The number of amides is 1. The second kappa shape index (κ2) is 11.8. The lowest BCUT2D eigenvalue weighted by Crippen LogP contribution is -2.49. The van der Waals surface area contributed by atoms with E-state index in [2.05, 4.69) is 15.9 Å². The number of methoxy groups -OCH3 is 1. The van der Waals surface area contributed by atoms with Gasteiger partial charge in [-0.2, -0.15) is 0 Å². The van der Waals surface area contributed by atoms with Gasteiger partial charge in [0.1, 0.15) is 5.92 Å². The average molecular weight is 537 g/mol. The lowest BCUT2D eigenvalue weighted by atomic mass is 9.72. The molecular weight excluding hydrogens is 510 g/mol. The number of rotatable bonds is 8. The summed E-state index contributed by atoms with van der Waals surface area (Å²) in [5, 5.41) is 0.527. The highest BCUT2D eigenvalue weighted by atomic mass is 79.9. The highest BCUT2D eigenvalue weighted by Gasteiger charge is 2.45. The van der Waals surface area contributed by atoms with Gasteiger partial charge < -0.3 is 14.4 Å². The minimum Gasteiger partial charge on any atom is -0.468 e. The first-order valence-corrected chi connectivity index (χ1v) is 12.0. The van der Waals surface area contributed by atoms with E-state index in [4.69, 9.17) is 21.1 Å². The molecule has 2 aromatic carbocycles. The molecule has 0 N–H and O–H groups in total. The van der Waals surface area contributed by atoms with Crippen LogP contribution < -0.4 is 0 Å². The number of carbonyl (C=O) groups is 3. The molecular formula is C25H27BrClNO5. The van der Waals surface area contributed by atoms with E-state index in [1.165, 1.54) is 7.11 Å². The molecule has 0 saturated carbocycles. The SMILES string of the molecule is CCC(C(=O)c1ccc(Cl)cc1)C(c1ccc(Br)cc1)C(C(=O)OC)C(=O)N1CCOCC1. The fourth-order valence-electron chi connectivity index (χ4n) is 4.28. The van der Waals surface area contributed by atoms with E-state index >= 15 is 0 Å². The van der Waals surface area contributed by atoms with Crippen molar-refractivity contribution in [1.29, 1.82) is 0 Å². The standard InChI is InChI=1S/C25H27BrClNO5/c1-3-20(23(29)17-6-10-19(27)11-7-17)21(16-4-8-18(26)9-5-16)22(25(31)32-2)24(30)28-12-14-33-15-13-28/h4-11,20-22H,3,12-15H2,1-2H3. The van der Waals surface area contributed by atoms with Crippen molar-refractivity contribution in [1.82, 2.24) is 4.90 Å². The summed E-state index contributed by atoms with van der Waals surface area (Å²) in [5.41, 5.74) is 1.21. The Morgan fingerprint density at radius 2 is 1.67 bits per heavy atom. The quantitative estimate of drug-likeness (QED) is 0.277. The minimum atomic E-state index is -1.16.